The Labute approximate surface area is 170 Å². The molecule has 4 N–H and O–H groups in total. The summed E-state index contributed by atoms with van der Waals surface area (Å²) >= 11 is 9.55. The van der Waals surface area contributed by atoms with Crippen molar-refractivity contribution < 1.29 is 9.53 Å². The van der Waals surface area contributed by atoms with Gasteiger partial charge >= 0.3 is 0 Å². The number of Topliss-reactive ketones (excluding diaryl/α,β-unsaturated/α-hetero) is 1. The Morgan fingerprint density at radius 1 is 1.41 bits per heavy atom. The predicted octanol–water partition coefficient (Wildman–Crippen LogP) is 2.53. The van der Waals surface area contributed by atoms with Crippen molar-refractivity contribution in [3.63, 3.8) is 0 Å². The maximum Gasteiger partial charge on any atom is 0.213 e. The Kier molecular flexibility index (Phi) is 8.00. The molecule has 1 saturated carbocycles. The lowest BCUT2D eigenvalue weighted by Gasteiger charge is -2.44. The number of nitrogens with zero attached hydrogens (tertiary/aromatic N) is 2. The molecule has 1 heterocycles. The van der Waals surface area contributed by atoms with Crippen LogP contribution in [0, 0.1) is 17.2 Å². The largest absolute Gasteiger partial charge is 0.481 e. The van der Waals surface area contributed by atoms with Gasteiger partial charge in [0.2, 0.25) is 5.88 Å². The van der Waals surface area contributed by atoms with E-state index in [1.165, 1.54) is 6.92 Å². The van der Waals surface area contributed by atoms with Gasteiger partial charge in [-0.15, -0.1) is 0 Å². The number of carbonyl (C=O) groups is 1. The number of rotatable bonds is 2. The highest BCUT2D eigenvalue weighted by Gasteiger charge is 2.53. The zero-order chi connectivity index (χ0) is 20.8. The fraction of sp³-hybridized carbons (Fsp3) is 0.421. The summed E-state index contributed by atoms with van der Waals surface area (Å²) in [5.74, 6) is 0.551. The molecule has 0 aliphatic heterocycles. The smallest absolute Gasteiger partial charge is 0.213 e. The van der Waals surface area contributed by atoms with Crippen LogP contribution in [-0.2, 0) is 16.6 Å². The molecule has 0 spiro atoms. The Morgan fingerprint density at radius 3 is 2.44 bits per heavy atom. The highest BCUT2D eigenvalue weighted by atomic mass is 32.1. The van der Waals surface area contributed by atoms with Crippen LogP contribution in [0.25, 0.3) is 0 Å². The lowest BCUT2D eigenvalue weighted by atomic mass is 9.58. The molecular weight excluding hydrogens is 380 g/mol. The van der Waals surface area contributed by atoms with Gasteiger partial charge in [-0.25, -0.2) is 4.98 Å². The van der Waals surface area contributed by atoms with Crippen molar-refractivity contribution in [3.05, 3.63) is 35.5 Å². The quantitative estimate of drug-likeness (QED) is 0.571. The van der Waals surface area contributed by atoms with Crippen LogP contribution in [0.3, 0.4) is 0 Å². The van der Waals surface area contributed by atoms with Crippen molar-refractivity contribution in [1.29, 1.82) is 5.26 Å². The predicted molar refractivity (Wildman–Crippen MR) is 114 cm³/mol. The molecule has 144 valence electrons. The first-order valence-electron chi connectivity index (χ1n) is 8.26. The van der Waals surface area contributed by atoms with E-state index in [1.807, 2.05) is 6.07 Å². The topological polar surface area (TPSA) is 115 Å². The van der Waals surface area contributed by atoms with Crippen molar-refractivity contribution >= 4 is 40.2 Å². The molecule has 0 radical (unpaired) electrons. The number of allylic oxidation sites excluding steroid dienone is 1. The van der Waals surface area contributed by atoms with Gasteiger partial charge < -0.3 is 16.2 Å². The zero-order valence-electron chi connectivity index (χ0n) is 15.7. The van der Waals surface area contributed by atoms with Crippen molar-refractivity contribution in [3.8, 4) is 11.9 Å². The fourth-order valence-corrected chi connectivity index (χ4v) is 3.71. The van der Waals surface area contributed by atoms with E-state index >= 15 is 0 Å². The van der Waals surface area contributed by atoms with E-state index in [0.29, 0.717) is 30.1 Å². The molecule has 2 unspecified atom stereocenters. The molecular formula is C19H24N4O2S2. The average Bonchev–Trinajstić information content (AvgIpc) is 2.56. The van der Waals surface area contributed by atoms with Gasteiger partial charge in [-0.1, -0.05) is 42.7 Å². The fourth-order valence-electron chi connectivity index (χ4n) is 3.43. The summed E-state index contributed by atoms with van der Waals surface area (Å²) in [6, 6.07) is 5.37. The second-order valence-electron chi connectivity index (χ2n) is 6.35. The number of carbonyl (C=O) groups excluding carboxylic acids is 1. The molecule has 0 aromatic carbocycles. The Hall–Kier alpha value is -2.37. The Bertz CT molecular complexity index is 812. The lowest BCUT2D eigenvalue weighted by molar-refractivity contribution is -0.128. The SMILES string of the molecule is C=C1CC2Cc3nc(OC)ccc3C(C(N)=S)(C1)C2=O.CC#N.CC(N)=S. The second-order valence-corrected chi connectivity index (χ2v) is 7.43. The maximum absolute atomic E-state index is 12.8. The number of fused-ring (bicyclic) bond motifs is 4. The number of nitrogens with two attached hydrogens (primary N) is 2. The number of aromatic nitrogens is 1. The first kappa shape index (κ1) is 22.7. The van der Waals surface area contributed by atoms with Crippen molar-refractivity contribution in [2.75, 3.05) is 7.11 Å². The summed E-state index contributed by atoms with van der Waals surface area (Å²) in [5, 5.41) is 7.32. The number of hydrogen-bond donors (Lipinski definition) is 2. The van der Waals surface area contributed by atoms with Gasteiger partial charge in [0.25, 0.3) is 0 Å². The lowest BCUT2D eigenvalue weighted by Crippen LogP contribution is -2.55. The highest BCUT2D eigenvalue weighted by molar-refractivity contribution is 7.80. The molecule has 1 fully saturated rings. The molecule has 0 amide bonds. The number of nitriles is 1. The molecule has 0 saturated heterocycles. The molecule has 3 rings (SSSR count). The molecule has 6 nitrogen and oxygen atoms in total. The van der Waals surface area contributed by atoms with Crippen LogP contribution in [0.5, 0.6) is 5.88 Å². The third-order valence-electron chi connectivity index (χ3n) is 4.32. The van der Waals surface area contributed by atoms with Gasteiger partial charge in [-0.05, 0) is 25.3 Å². The number of thiocarbonyl (C=S) groups is 2. The van der Waals surface area contributed by atoms with Crippen molar-refractivity contribution in [1.82, 2.24) is 4.98 Å². The van der Waals surface area contributed by atoms with Crippen LogP contribution in [0.1, 0.15) is 37.9 Å². The van der Waals surface area contributed by atoms with E-state index in [4.69, 9.17) is 33.7 Å². The molecule has 2 aliphatic carbocycles. The van der Waals surface area contributed by atoms with Crippen LogP contribution in [0.15, 0.2) is 24.3 Å². The molecule has 2 bridgehead atoms. The van der Waals surface area contributed by atoms with Crippen molar-refractivity contribution in [2.45, 2.75) is 38.5 Å². The molecule has 1 aromatic heterocycles. The summed E-state index contributed by atoms with van der Waals surface area (Å²) < 4.78 is 5.17. The standard InChI is InChI=1S/C15H16N2O2S.C2H5NS.C2H3N/c1-8-5-9-6-11-10(3-4-12(17-11)19-2)15(7-8,13(9)18)14(16)20;1-2(3)4;1-2-3/h3-4,9H,1,5-7H2,2H3,(H2,16,20);1H3,(H2,3,4);1H3. The molecule has 2 aliphatic rings. The Morgan fingerprint density at radius 2 is 1.96 bits per heavy atom. The minimum absolute atomic E-state index is 0.121. The van der Waals surface area contributed by atoms with Gasteiger partial charge in [0.05, 0.1) is 23.2 Å². The van der Waals surface area contributed by atoms with Crippen molar-refractivity contribution in [2.24, 2.45) is 17.4 Å². The van der Waals surface area contributed by atoms with E-state index in [2.05, 4.69) is 23.8 Å². The minimum Gasteiger partial charge on any atom is -0.481 e. The first-order chi connectivity index (χ1) is 12.6. The summed E-state index contributed by atoms with van der Waals surface area (Å²) in [6.07, 6.45) is 1.80. The molecule has 27 heavy (non-hydrogen) atoms. The molecule has 1 aromatic rings. The summed E-state index contributed by atoms with van der Waals surface area (Å²) in [4.78, 5) is 18.0. The van der Waals surface area contributed by atoms with E-state index in [9.17, 15) is 4.79 Å². The maximum atomic E-state index is 12.8. The van der Waals surface area contributed by atoms with Gasteiger partial charge in [0.15, 0.2) is 5.78 Å². The third kappa shape index (κ3) is 4.87. The summed E-state index contributed by atoms with van der Waals surface area (Å²) in [5.41, 5.74) is 12.6. The first-order valence-corrected chi connectivity index (χ1v) is 9.07. The number of methoxy groups -OCH3 is 1. The van der Waals surface area contributed by atoms with Gasteiger partial charge in [-0.3, -0.25) is 4.79 Å². The van der Waals surface area contributed by atoms with Crippen LogP contribution in [0.2, 0.25) is 0 Å². The normalized spacial score (nSPS) is 21.9. The van der Waals surface area contributed by atoms with Crippen LogP contribution in [0.4, 0.5) is 0 Å². The van der Waals surface area contributed by atoms with Gasteiger partial charge in [-0.2, -0.15) is 5.26 Å². The summed E-state index contributed by atoms with van der Waals surface area (Å²) in [6.45, 7) is 7.16. The monoisotopic (exact) mass is 404 g/mol. The second kappa shape index (κ2) is 9.53. The van der Waals surface area contributed by atoms with Crippen LogP contribution < -0.4 is 16.2 Å². The van der Waals surface area contributed by atoms with Crippen LogP contribution in [-0.4, -0.2) is 27.9 Å². The van der Waals surface area contributed by atoms with Gasteiger partial charge in [0, 0.05) is 31.0 Å². The number of hydrogen-bond acceptors (Lipinski definition) is 6. The van der Waals surface area contributed by atoms with E-state index < -0.39 is 5.41 Å². The highest BCUT2D eigenvalue weighted by Crippen LogP contribution is 2.47. The minimum atomic E-state index is -0.914. The van der Waals surface area contributed by atoms with E-state index in [1.54, 1.807) is 26.2 Å². The third-order valence-corrected chi connectivity index (χ3v) is 4.67. The number of ketones is 1. The zero-order valence-corrected chi connectivity index (χ0v) is 17.4. The number of pyridine rings is 1. The van der Waals surface area contributed by atoms with Gasteiger partial charge in [0.1, 0.15) is 5.41 Å². The van der Waals surface area contributed by atoms with Crippen LogP contribution >= 0.6 is 24.4 Å². The van der Waals surface area contributed by atoms with E-state index in [-0.39, 0.29) is 16.7 Å². The number of ether oxygens (including phenoxy) is 1. The average molecular weight is 405 g/mol. The molecule has 8 heteroatoms. The summed E-state index contributed by atoms with van der Waals surface area (Å²) in [7, 11) is 1.58. The molecule has 2 atom stereocenters. The Balaban J connectivity index is 0.000000453. The van der Waals surface area contributed by atoms with E-state index in [0.717, 1.165) is 16.8 Å².